The van der Waals surface area contributed by atoms with Crippen molar-refractivity contribution < 1.29 is 13.9 Å². The van der Waals surface area contributed by atoms with Crippen molar-refractivity contribution in [1.82, 2.24) is 14.8 Å². The van der Waals surface area contributed by atoms with Gasteiger partial charge in [0.05, 0.1) is 17.6 Å². The Hall–Kier alpha value is -3.74. The first-order valence-corrected chi connectivity index (χ1v) is 9.17. The Kier molecular flexibility index (Phi) is 4.95. The first-order valence-electron chi connectivity index (χ1n) is 9.17. The lowest BCUT2D eigenvalue weighted by Crippen LogP contribution is -2.27. The third-order valence-corrected chi connectivity index (χ3v) is 4.64. The number of nitrogens with zero attached hydrogens (tertiary/aromatic N) is 3. The standard InChI is InChI=1S/C22H19N3O4/c1-14-15(2)29-19(23-14)13-28-22(27)20-17-10-6-7-11-18(17)21(26)25(24-20)12-16-8-4-3-5-9-16/h3-11H,12-13H2,1-2H3. The number of aryl methyl sites for hydroxylation is 2. The lowest BCUT2D eigenvalue weighted by atomic mass is 10.1. The van der Waals surface area contributed by atoms with Crippen LogP contribution in [-0.2, 0) is 17.9 Å². The zero-order chi connectivity index (χ0) is 20.4. The molecule has 29 heavy (non-hydrogen) atoms. The Morgan fingerprint density at radius 3 is 2.41 bits per heavy atom. The van der Waals surface area contributed by atoms with E-state index in [0.717, 1.165) is 11.3 Å². The second-order valence-corrected chi connectivity index (χ2v) is 6.67. The monoisotopic (exact) mass is 389 g/mol. The van der Waals surface area contributed by atoms with Gasteiger partial charge in [0, 0.05) is 5.39 Å². The molecule has 0 aliphatic rings. The number of rotatable bonds is 5. The number of hydrogen-bond acceptors (Lipinski definition) is 6. The number of aromatic nitrogens is 3. The fourth-order valence-electron chi connectivity index (χ4n) is 3.05. The second-order valence-electron chi connectivity index (χ2n) is 6.67. The van der Waals surface area contributed by atoms with Gasteiger partial charge in [0.15, 0.2) is 12.3 Å². The van der Waals surface area contributed by atoms with Gasteiger partial charge in [-0.05, 0) is 25.5 Å². The Labute approximate surface area is 166 Å². The van der Waals surface area contributed by atoms with Gasteiger partial charge >= 0.3 is 5.97 Å². The van der Waals surface area contributed by atoms with Gasteiger partial charge in [-0.25, -0.2) is 14.5 Å². The van der Waals surface area contributed by atoms with Gasteiger partial charge in [0.25, 0.3) is 5.56 Å². The molecule has 0 unspecified atom stereocenters. The Morgan fingerprint density at radius 2 is 1.72 bits per heavy atom. The molecular weight excluding hydrogens is 370 g/mol. The van der Waals surface area contributed by atoms with Gasteiger partial charge in [-0.2, -0.15) is 5.10 Å². The van der Waals surface area contributed by atoms with Gasteiger partial charge in [0.1, 0.15) is 5.76 Å². The highest BCUT2D eigenvalue weighted by Gasteiger charge is 2.19. The molecule has 0 bridgehead atoms. The summed E-state index contributed by atoms with van der Waals surface area (Å²) in [5.41, 5.74) is 1.47. The van der Waals surface area contributed by atoms with Crippen LogP contribution in [0.15, 0.2) is 63.8 Å². The van der Waals surface area contributed by atoms with Crippen molar-refractivity contribution in [3.05, 3.63) is 93.6 Å². The van der Waals surface area contributed by atoms with E-state index in [-0.39, 0.29) is 24.4 Å². The van der Waals surface area contributed by atoms with E-state index in [4.69, 9.17) is 9.15 Å². The number of esters is 1. The fourth-order valence-corrected chi connectivity index (χ4v) is 3.05. The summed E-state index contributed by atoms with van der Waals surface area (Å²) in [4.78, 5) is 29.8. The summed E-state index contributed by atoms with van der Waals surface area (Å²) in [7, 11) is 0. The number of carbonyl (C=O) groups excluding carboxylic acids is 1. The number of ether oxygens (including phenoxy) is 1. The topological polar surface area (TPSA) is 87.2 Å². The van der Waals surface area contributed by atoms with Crippen LogP contribution in [0.25, 0.3) is 10.8 Å². The number of hydrogen-bond donors (Lipinski definition) is 0. The molecule has 2 aromatic carbocycles. The Morgan fingerprint density at radius 1 is 1.03 bits per heavy atom. The molecule has 0 N–H and O–H groups in total. The number of fused-ring (bicyclic) bond motifs is 1. The summed E-state index contributed by atoms with van der Waals surface area (Å²) in [5.74, 6) is 0.350. The van der Waals surface area contributed by atoms with E-state index in [1.807, 2.05) is 37.3 Å². The van der Waals surface area contributed by atoms with Crippen LogP contribution >= 0.6 is 0 Å². The molecule has 0 atom stereocenters. The van der Waals surface area contributed by atoms with Crippen molar-refractivity contribution in [2.24, 2.45) is 0 Å². The minimum Gasteiger partial charge on any atom is -0.451 e. The van der Waals surface area contributed by atoms with Crippen LogP contribution in [0.2, 0.25) is 0 Å². The maximum Gasteiger partial charge on any atom is 0.359 e. The van der Waals surface area contributed by atoms with Crippen LogP contribution in [0.4, 0.5) is 0 Å². The van der Waals surface area contributed by atoms with Crippen LogP contribution in [0.5, 0.6) is 0 Å². The van der Waals surface area contributed by atoms with Crippen LogP contribution in [-0.4, -0.2) is 20.7 Å². The molecule has 0 aliphatic heterocycles. The minimum absolute atomic E-state index is 0.0798. The highest BCUT2D eigenvalue weighted by atomic mass is 16.5. The van der Waals surface area contributed by atoms with E-state index < -0.39 is 5.97 Å². The van der Waals surface area contributed by atoms with Gasteiger partial charge in [-0.3, -0.25) is 4.79 Å². The number of benzene rings is 2. The van der Waals surface area contributed by atoms with Crippen molar-refractivity contribution in [2.45, 2.75) is 27.0 Å². The Bertz CT molecular complexity index is 1220. The SMILES string of the molecule is Cc1nc(COC(=O)c2nn(Cc3ccccc3)c(=O)c3ccccc23)oc1C. The molecule has 2 aromatic heterocycles. The quantitative estimate of drug-likeness (QED) is 0.486. The van der Waals surface area contributed by atoms with Gasteiger partial charge < -0.3 is 9.15 Å². The maximum atomic E-state index is 12.9. The molecular formula is C22H19N3O4. The van der Waals surface area contributed by atoms with E-state index in [2.05, 4.69) is 10.1 Å². The lowest BCUT2D eigenvalue weighted by Gasteiger charge is -2.10. The van der Waals surface area contributed by atoms with Crippen molar-refractivity contribution in [3.8, 4) is 0 Å². The average molecular weight is 389 g/mol. The molecule has 0 spiro atoms. The highest BCUT2D eigenvalue weighted by Crippen LogP contribution is 2.16. The Balaban J connectivity index is 1.69. The summed E-state index contributed by atoms with van der Waals surface area (Å²) in [6, 6.07) is 16.3. The van der Waals surface area contributed by atoms with Crippen molar-refractivity contribution in [3.63, 3.8) is 0 Å². The normalized spacial score (nSPS) is 11.0. The largest absolute Gasteiger partial charge is 0.451 e. The van der Waals surface area contributed by atoms with Crippen LogP contribution in [0.3, 0.4) is 0 Å². The van der Waals surface area contributed by atoms with E-state index in [1.54, 1.807) is 31.2 Å². The molecule has 4 rings (SSSR count). The predicted molar refractivity (Wildman–Crippen MR) is 107 cm³/mol. The molecule has 4 aromatic rings. The smallest absolute Gasteiger partial charge is 0.359 e. The third-order valence-electron chi connectivity index (χ3n) is 4.64. The first kappa shape index (κ1) is 18.6. The number of carbonyl (C=O) groups is 1. The summed E-state index contributed by atoms with van der Waals surface area (Å²) in [6.07, 6.45) is 0. The first-order chi connectivity index (χ1) is 14.0. The van der Waals surface area contributed by atoms with Crippen LogP contribution in [0.1, 0.15) is 33.4 Å². The second kappa shape index (κ2) is 7.71. The molecule has 0 saturated heterocycles. The van der Waals surface area contributed by atoms with Gasteiger partial charge in [0.2, 0.25) is 5.89 Å². The van der Waals surface area contributed by atoms with Crippen LogP contribution < -0.4 is 5.56 Å². The highest BCUT2D eigenvalue weighted by molar-refractivity contribution is 6.02. The lowest BCUT2D eigenvalue weighted by molar-refractivity contribution is 0.0429. The summed E-state index contributed by atoms with van der Waals surface area (Å²) in [5, 5.41) is 5.17. The predicted octanol–water partition coefficient (Wildman–Crippen LogP) is 3.41. The third kappa shape index (κ3) is 3.80. The average Bonchev–Trinajstić information content (AvgIpc) is 3.06. The van der Waals surface area contributed by atoms with E-state index >= 15 is 0 Å². The van der Waals surface area contributed by atoms with E-state index in [1.165, 1.54) is 4.68 Å². The zero-order valence-electron chi connectivity index (χ0n) is 16.1. The van der Waals surface area contributed by atoms with Gasteiger partial charge in [-0.1, -0.05) is 48.5 Å². The number of oxazole rings is 1. The fraction of sp³-hybridized carbons (Fsp3) is 0.182. The summed E-state index contributed by atoms with van der Waals surface area (Å²) >= 11 is 0. The molecule has 0 amide bonds. The van der Waals surface area contributed by atoms with Crippen molar-refractivity contribution in [1.29, 1.82) is 0 Å². The molecule has 2 heterocycles. The minimum atomic E-state index is -0.642. The molecule has 0 radical (unpaired) electrons. The summed E-state index contributed by atoms with van der Waals surface area (Å²) in [6.45, 7) is 3.76. The van der Waals surface area contributed by atoms with Crippen molar-refractivity contribution >= 4 is 16.7 Å². The molecule has 146 valence electrons. The van der Waals surface area contributed by atoms with Gasteiger partial charge in [-0.15, -0.1) is 0 Å². The maximum absolute atomic E-state index is 12.9. The zero-order valence-corrected chi connectivity index (χ0v) is 16.1. The molecule has 7 nitrogen and oxygen atoms in total. The van der Waals surface area contributed by atoms with E-state index in [0.29, 0.717) is 22.4 Å². The molecule has 0 aliphatic carbocycles. The van der Waals surface area contributed by atoms with Crippen molar-refractivity contribution in [2.75, 3.05) is 0 Å². The molecule has 0 fully saturated rings. The molecule has 7 heteroatoms. The van der Waals surface area contributed by atoms with Crippen LogP contribution in [0, 0.1) is 13.8 Å². The van der Waals surface area contributed by atoms with E-state index in [9.17, 15) is 9.59 Å². The summed E-state index contributed by atoms with van der Waals surface area (Å²) < 4.78 is 12.1. The molecule has 0 saturated carbocycles.